The SMILES string of the molecule is N#Cc1sc2ccc(CBr)cc2c1O. The Balaban J connectivity index is 2.76. The third-order valence-corrected chi connectivity index (χ3v) is 3.69. The summed E-state index contributed by atoms with van der Waals surface area (Å²) in [6.45, 7) is 0. The van der Waals surface area contributed by atoms with Crippen molar-refractivity contribution in [2.45, 2.75) is 5.33 Å². The van der Waals surface area contributed by atoms with Gasteiger partial charge in [0.2, 0.25) is 0 Å². The lowest BCUT2D eigenvalue weighted by Gasteiger charge is -1.95. The highest BCUT2D eigenvalue weighted by atomic mass is 79.9. The minimum absolute atomic E-state index is 0.107. The fourth-order valence-electron chi connectivity index (χ4n) is 1.29. The molecule has 2 aromatic rings. The maximum Gasteiger partial charge on any atom is 0.152 e. The second kappa shape index (κ2) is 3.60. The number of nitrogens with zero attached hydrogens (tertiary/aromatic N) is 1. The Morgan fingerprint density at radius 1 is 1.50 bits per heavy atom. The Hall–Kier alpha value is -1.05. The van der Waals surface area contributed by atoms with Crippen LogP contribution in [0, 0.1) is 11.3 Å². The van der Waals surface area contributed by atoms with Crippen LogP contribution in [-0.4, -0.2) is 5.11 Å². The highest BCUT2D eigenvalue weighted by Crippen LogP contribution is 2.36. The van der Waals surface area contributed by atoms with Gasteiger partial charge in [-0.1, -0.05) is 22.0 Å². The van der Waals surface area contributed by atoms with Crippen molar-refractivity contribution in [1.29, 1.82) is 5.26 Å². The van der Waals surface area contributed by atoms with Crippen LogP contribution in [0.25, 0.3) is 10.1 Å². The fraction of sp³-hybridized carbons (Fsp3) is 0.100. The van der Waals surface area contributed by atoms with Crippen LogP contribution in [0.15, 0.2) is 18.2 Å². The minimum atomic E-state index is 0.107. The maximum absolute atomic E-state index is 9.68. The van der Waals surface area contributed by atoms with Crippen molar-refractivity contribution in [2.24, 2.45) is 0 Å². The molecule has 0 saturated carbocycles. The van der Waals surface area contributed by atoms with E-state index < -0.39 is 0 Å². The van der Waals surface area contributed by atoms with Crippen LogP contribution in [0.3, 0.4) is 0 Å². The summed E-state index contributed by atoms with van der Waals surface area (Å²) in [5.41, 5.74) is 1.09. The molecular formula is C10H6BrNOS. The Labute approximate surface area is 93.5 Å². The molecule has 0 bridgehead atoms. The van der Waals surface area contributed by atoms with Crippen molar-refractivity contribution >= 4 is 37.4 Å². The third kappa shape index (κ3) is 1.39. The number of thiophene rings is 1. The van der Waals surface area contributed by atoms with Crippen LogP contribution in [0.1, 0.15) is 10.4 Å². The molecule has 0 atom stereocenters. The number of alkyl halides is 1. The van der Waals surface area contributed by atoms with Crippen molar-refractivity contribution in [3.8, 4) is 11.8 Å². The number of hydrogen-bond acceptors (Lipinski definition) is 3. The van der Waals surface area contributed by atoms with E-state index in [4.69, 9.17) is 5.26 Å². The van der Waals surface area contributed by atoms with E-state index in [0.717, 1.165) is 21.0 Å². The molecule has 1 aromatic heterocycles. The third-order valence-electron chi connectivity index (χ3n) is 1.98. The molecule has 0 amide bonds. The van der Waals surface area contributed by atoms with Crippen molar-refractivity contribution < 1.29 is 5.11 Å². The van der Waals surface area contributed by atoms with Crippen molar-refractivity contribution in [2.75, 3.05) is 0 Å². The van der Waals surface area contributed by atoms with E-state index >= 15 is 0 Å². The first-order valence-electron chi connectivity index (χ1n) is 3.96. The van der Waals surface area contributed by atoms with E-state index in [0.29, 0.717) is 4.88 Å². The van der Waals surface area contributed by atoms with E-state index in [1.807, 2.05) is 24.3 Å². The van der Waals surface area contributed by atoms with Crippen molar-refractivity contribution in [3.63, 3.8) is 0 Å². The molecule has 0 aliphatic heterocycles. The van der Waals surface area contributed by atoms with E-state index in [1.165, 1.54) is 11.3 Å². The van der Waals surface area contributed by atoms with Gasteiger partial charge in [0.05, 0.1) is 0 Å². The highest BCUT2D eigenvalue weighted by Gasteiger charge is 2.10. The van der Waals surface area contributed by atoms with Gasteiger partial charge in [0, 0.05) is 15.4 Å². The monoisotopic (exact) mass is 267 g/mol. The first-order chi connectivity index (χ1) is 6.76. The molecule has 0 fully saturated rings. The molecule has 4 heteroatoms. The molecule has 0 spiro atoms. The standard InChI is InChI=1S/C10H6BrNOS/c11-4-6-1-2-8-7(3-6)10(13)9(5-12)14-8/h1-3,13H,4H2. The van der Waals surface area contributed by atoms with Gasteiger partial charge in [-0.2, -0.15) is 5.26 Å². The molecule has 0 radical (unpaired) electrons. The molecule has 70 valence electrons. The predicted octanol–water partition coefficient (Wildman–Crippen LogP) is 3.37. The van der Waals surface area contributed by atoms with E-state index in [2.05, 4.69) is 15.9 Å². The lowest BCUT2D eigenvalue weighted by Crippen LogP contribution is -1.74. The minimum Gasteiger partial charge on any atom is -0.505 e. The second-order valence-corrected chi connectivity index (χ2v) is 4.47. The summed E-state index contributed by atoms with van der Waals surface area (Å²) in [5.74, 6) is 0.107. The summed E-state index contributed by atoms with van der Waals surface area (Å²) in [6, 6.07) is 7.79. The van der Waals surface area contributed by atoms with Gasteiger partial charge >= 0.3 is 0 Å². The molecule has 0 saturated heterocycles. The van der Waals surface area contributed by atoms with Gasteiger partial charge in [-0.25, -0.2) is 0 Å². The summed E-state index contributed by atoms with van der Waals surface area (Å²) in [7, 11) is 0. The quantitative estimate of drug-likeness (QED) is 0.806. The van der Waals surface area contributed by atoms with E-state index in [-0.39, 0.29) is 5.75 Å². The average molecular weight is 268 g/mol. The van der Waals surface area contributed by atoms with Gasteiger partial charge in [0.15, 0.2) is 5.75 Å². The summed E-state index contributed by atoms with van der Waals surface area (Å²) in [4.78, 5) is 0.381. The van der Waals surface area contributed by atoms with Crippen molar-refractivity contribution in [1.82, 2.24) is 0 Å². The number of fused-ring (bicyclic) bond motifs is 1. The summed E-state index contributed by atoms with van der Waals surface area (Å²) < 4.78 is 0.948. The first kappa shape index (κ1) is 9.50. The number of hydrogen-bond donors (Lipinski definition) is 1. The maximum atomic E-state index is 9.68. The van der Waals surface area contributed by atoms with Gasteiger partial charge in [0.25, 0.3) is 0 Å². The molecule has 1 N–H and O–H groups in total. The Kier molecular flexibility index (Phi) is 2.44. The zero-order chi connectivity index (χ0) is 10.1. The van der Waals surface area contributed by atoms with Crippen LogP contribution in [0.4, 0.5) is 0 Å². The van der Waals surface area contributed by atoms with Gasteiger partial charge in [-0.15, -0.1) is 11.3 Å². The molecule has 1 aromatic carbocycles. The molecule has 2 rings (SSSR count). The van der Waals surface area contributed by atoms with Gasteiger partial charge in [-0.05, 0) is 17.7 Å². The topological polar surface area (TPSA) is 44.0 Å². The smallest absolute Gasteiger partial charge is 0.152 e. The molecule has 0 aliphatic rings. The molecule has 0 aliphatic carbocycles. The average Bonchev–Trinajstić information content (AvgIpc) is 2.55. The Bertz CT molecular complexity index is 527. The zero-order valence-electron chi connectivity index (χ0n) is 7.12. The summed E-state index contributed by atoms with van der Waals surface area (Å²) >= 11 is 4.67. The van der Waals surface area contributed by atoms with Crippen LogP contribution in [0.2, 0.25) is 0 Å². The van der Waals surface area contributed by atoms with Crippen molar-refractivity contribution in [3.05, 3.63) is 28.6 Å². The van der Waals surface area contributed by atoms with Gasteiger partial charge in [0.1, 0.15) is 10.9 Å². The number of benzene rings is 1. The lowest BCUT2D eigenvalue weighted by atomic mass is 10.2. The van der Waals surface area contributed by atoms with Crippen LogP contribution in [-0.2, 0) is 5.33 Å². The summed E-state index contributed by atoms with van der Waals surface area (Å²) in [5, 5.41) is 19.9. The van der Waals surface area contributed by atoms with E-state index in [1.54, 1.807) is 0 Å². The number of halogens is 1. The highest BCUT2D eigenvalue weighted by molar-refractivity contribution is 9.08. The molecular weight excluding hydrogens is 262 g/mol. The molecule has 14 heavy (non-hydrogen) atoms. The Morgan fingerprint density at radius 2 is 2.29 bits per heavy atom. The molecule has 1 heterocycles. The largest absolute Gasteiger partial charge is 0.505 e. The van der Waals surface area contributed by atoms with Gasteiger partial charge < -0.3 is 5.11 Å². The number of nitriles is 1. The van der Waals surface area contributed by atoms with Crippen LogP contribution in [0.5, 0.6) is 5.75 Å². The fourth-order valence-corrected chi connectivity index (χ4v) is 2.51. The number of aromatic hydroxyl groups is 1. The van der Waals surface area contributed by atoms with E-state index in [9.17, 15) is 5.11 Å². The van der Waals surface area contributed by atoms with Gasteiger partial charge in [-0.3, -0.25) is 0 Å². The summed E-state index contributed by atoms with van der Waals surface area (Å²) in [6.07, 6.45) is 0. The van der Waals surface area contributed by atoms with Crippen LogP contribution >= 0.6 is 27.3 Å². The lowest BCUT2D eigenvalue weighted by molar-refractivity contribution is 0.482. The predicted molar refractivity (Wildman–Crippen MR) is 60.8 cm³/mol. The normalized spacial score (nSPS) is 10.3. The van der Waals surface area contributed by atoms with Crippen LogP contribution < -0.4 is 0 Å². The number of rotatable bonds is 1. The first-order valence-corrected chi connectivity index (χ1v) is 5.90. The molecule has 0 unspecified atom stereocenters. The Morgan fingerprint density at radius 3 is 2.93 bits per heavy atom. The zero-order valence-corrected chi connectivity index (χ0v) is 9.52. The second-order valence-electron chi connectivity index (χ2n) is 2.86. The molecule has 2 nitrogen and oxygen atoms in total.